The highest BCUT2D eigenvalue weighted by atomic mass is 16.3. The number of carbonyl (C=O) groups is 1. The lowest BCUT2D eigenvalue weighted by molar-refractivity contribution is 0.102. The highest BCUT2D eigenvalue weighted by Crippen LogP contribution is 2.22. The Labute approximate surface area is 178 Å². The Morgan fingerprint density at radius 1 is 1.06 bits per heavy atom. The van der Waals surface area contributed by atoms with Crippen molar-refractivity contribution >= 4 is 28.4 Å². The summed E-state index contributed by atoms with van der Waals surface area (Å²) < 4.78 is 5.32. The number of fused-ring (bicyclic) bond motifs is 1. The standard InChI is InChI=1S/C22H21N7O2/c1-28-6-8-29(9-7-28)21-10-15(4-5-24-21)22(30)27-20-11-18-16(12-25-20)2-3-17(26-18)19-13-23-14-31-19/h2-5,10-14H,6-9H2,1H3,(H,25,27,30). The van der Waals surface area contributed by atoms with Gasteiger partial charge in [-0.3, -0.25) is 4.79 Å². The quantitative estimate of drug-likeness (QED) is 0.543. The summed E-state index contributed by atoms with van der Waals surface area (Å²) in [5.41, 5.74) is 1.90. The van der Waals surface area contributed by atoms with E-state index in [1.165, 1.54) is 6.39 Å². The molecule has 0 aliphatic carbocycles. The van der Waals surface area contributed by atoms with Gasteiger partial charge in [-0.15, -0.1) is 0 Å². The maximum atomic E-state index is 12.8. The molecule has 1 aliphatic rings. The number of nitrogens with zero attached hydrogens (tertiary/aromatic N) is 6. The Balaban J connectivity index is 1.35. The van der Waals surface area contributed by atoms with Gasteiger partial charge in [0.1, 0.15) is 17.3 Å². The van der Waals surface area contributed by atoms with E-state index in [0.29, 0.717) is 28.4 Å². The molecular weight excluding hydrogens is 394 g/mol. The molecular formula is C22H21N7O2. The number of oxazole rings is 1. The first-order valence-corrected chi connectivity index (χ1v) is 10.0. The maximum absolute atomic E-state index is 12.8. The second-order valence-corrected chi connectivity index (χ2v) is 7.47. The second kappa shape index (κ2) is 8.11. The fourth-order valence-corrected chi connectivity index (χ4v) is 3.52. The molecule has 0 radical (unpaired) electrons. The SMILES string of the molecule is CN1CCN(c2cc(C(=O)Nc3cc4nc(-c5cnco5)ccc4cn3)ccn2)CC1. The molecule has 4 aromatic heterocycles. The summed E-state index contributed by atoms with van der Waals surface area (Å²) in [7, 11) is 2.11. The van der Waals surface area contributed by atoms with Crippen molar-refractivity contribution < 1.29 is 9.21 Å². The van der Waals surface area contributed by atoms with Crippen LogP contribution in [-0.4, -0.2) is 64.0 Å². The van der Waals surface area contributed by atoms with Crippen LogP contribution in [0.5, 0.6) is 0 Å². The molecule has 1 saturated heterocycles. The molecule has 1 N–H and O–H groups in total. The number of likely N-dealkylation sites (N-methyl/N-ethyl adjacent to an activating group) is 1. The molecule has 9 heteroatoms. The minimum atomic E-state index is -0.240. The number of amides is 1. The van der Waals surface area contributed by atoms with Crippen LogP contribution >= 0.6 is 0 Å². The van der Waals surface area contributed by atoms with Crippen LogP contribution in [0.2, 0.25) is 0 Å². The summed E-state index contributed by atoms with van der Waals surface area (Å²) >= 11 is 0. The van der Waals surface area contributed by atoms with E-state index in [9.17, 15) is 4.79 Å². The van der Waals surface area contributed by atoms with Crippen molar-refractivity contribution in [3.8, 4) is 11.5 Å². The van der Waals surface area contributed by atoms with Gasteiger partial charge in [-0.1, -0.05) is 0 Å². The molecule has 0 bridgehead atoms. The Bertz CT molecular complexity index is 1220. The zero-order chi connectivity index (χ0) is 21.2. The van der Waals surface area contributed by atoms with Crippen LogP contribution in [0.1, 0.15) is 10.4 Å². The topological polar surface area (TPSA) is 100 Å². The fraction of sp³-hybridized carbons (Fsp3) is 0.227. The molecule has 31 heavy (non-hydrogen) atoms. The molecule has 5 rings (SSSR count). The molecule has 9 nitrogen and oxygen atoms in total. The van der Waals surface area contributed by atoms with Crippen molar-refractivity contribution in [2.24, 2.45) is 0 Å². The fourth-order valence-electron chi connectivity index (χ4n) is 3.52. The van der Waals surface area contributed by atoms with E-state index in [1.807, 2.05) is 18.2 Å². The lowest BCUT2D eigenvalue weighted by Crippen LogP contribution is -2.44. The number of hydrogen-bond donors (Lipinski definition) is 1. The summed E-state index contributed by atoms with van der Waals surface area (Å²) in [6, 6.07) is 9.03. The van der Waals surface area contributed by atoms with Crippen LogP contribution < -0.4 is 10.2 Å². The first-order chi connectivity index (χ1) is 15.2. The number of hydrogen-bond acceptors (Lipinski definition) is 8. The molecule has 0 spiro atoms. The number of anilines is 2. The molecule has 1 aliphatic heterocycles. The van der Waals surface area contributed by atoms with E-state index in [4.69, 9.17) is 4.42 Å². The molecule has 1 fully saturated rings. The molecule has 1 amide bonds. The van der Waals surface area contributed by atoms with Crippen LogP contribution in [-0.2, 0) is 0 Å². The second-order valence-electron chi connectivity index (χ2n) is 7.47. The summed E-state index contributed by atoms with van der Waals surface area (Å²) in [5, 5.41) is 3.72. The van der Waals surface area contributed by atoms with E-state index < -0.39 is 0 Å². The predicted octanol–water partition coefficient (Wildman–Crippen LogP) is 2.68. The normalized spacial score (nSPS) is 14.7. The number of nitrogens with one attached hydrogen (secondary N) is 1. The predicted molar refractivity (Wildman–Crippen MR) is 117 cm³/mol. The van der Waals surface area contributed by atoms with Crippen LogP contribution in [0.4, 0.5) is 11.6 Å². The van der Waals surface area contributed by atoms with Gasteiger partial charge in [0, 0.05) is 55.6 Å². The molecule has 0 unspecified atom stereocenters. The van der Waals surface area contributed by atoms with E-state index in [-0.39, 0.29) is 5.91 Å². The molecule has 0 saturated carbocycles. The number of carbonyl (C=O) groups excluding carboxylic acids is 1. The first-order valence-electron chi connectivity index (χ1n) is 10.0. The number of piperazine rings is 1. The largest absolute Gasteiger partial charge is 0.442 e. The highest BCUT2D eigenvalue weighted by molar-refractivity contribution is 6.04. The van der Waals surface area contributed by atoms with Crippen molar-refractivity contribution in [1.82, 2.24) is 24.8 Å². The van der Waals surface area contributed by atoms with Gasteiger partial charge in [0.25, 0.3) is 5.91 Å². The van der Waals surface area contributed by atoms with E-state index in [0.717, 1.165) is 37.4 Å². The third kappa shape index (κ3) is 4.08. The van der Waals surface area contributed by atoms with Gasteiger partial charge in [-0.05, 0) is 31.3 Å². The van der Waals surface area contributed by atoms with Gasteiger partial charge < -0.3 is 19.5 Å². The van der Waals surface area contributed by atoms with E-state index >= 15 is 0 Å². The molecule has 156 valence electrons. The van der Waals surface area contributed by atoms with Crippen molar-refractivity contribution in [2.45, 2.75) is 0 Å². The Hall–Kier alpha value is -3.85. The zero-order valence-corrected chi connectivity index (χ0v) is 17.0. The molecule has 0 atom stereocenters. The third-order valence-electron chi connectivity index (χ3n) is 5.33. The highest BCUT2D eigenvalue weighted by Gasteiger charge is 2.17. The third-order valence-corrected chi connectivity index (χ3v) is 5.33. The lowest BCUT2D eigenvalue weighted by atomic mass is 10.2. The Kier molecular flexibility index (Phi) is 5.01. The van der Waals surface area contributed by atoms with Gasteiger partial charge >= 0.3 is 0 Å². The van der Waals surface area contributed by atoms with Crippen LogP contribution in [0.25, 0.3) is 22.4 Å². The summed E-state index contributed by atoms with van der Waals surface area (Å²) in [6.07, 6.45) is 6.33. The Morgan fingerprint density at radius 3 is 2.74 bits per heavy atom. The average Bonchev–Trinajstić information content (AvgIpc) is 3.34. The van der Waals surface area contributed by atoms with Crippen molar-refractivity contribution in [2.75, 3.05) is 43.4 Å². The smallest absolute Gasteiger partial charge is 0.257 e. The molecule has 5 heterocycles. The van der Waals surface area contributed by atoms with Gasteiger partial charge in [-0.25, -0.2) is 19.9 Å². The van der Waals surface area contributed by atoms with Crippen LogP contribution in [0.3, 0.4) is 0 Å². The van der Waals surface area contributed by atoms with Crippen molar-refractivity contribution in [3.63, 3.8) is 0 Å². The average molecular weight is 415 g/mol. The minimum Gasteiger partial charge on any atom is -0.442 e. The van der Waals surface area contributed by atoms with Gasteiger partial charge in [0.15, 0.2) is 12.2 Å². The van der Waals surface area contributed by atoms with Crippen molar-refractivity contribution in [1.29, 1.82) is 0 Å². The summed E-state index contributed by atoms with van der Waals surface area (Å²) in [6.45, 7) is 3.73. The number of rotatable bonds is 4. The van der Waals surface area contributed by atoms with Crippen LogP contribution in [0.15, 0.2) is 59.7 Å². The Morgan fingerprint density at radius 2 is 1.94 bits per heavy atom. The maximum Gasteiger partial charge on any atom is 0.257 e. The number of pyridine rings is 3. The van der Waals surface area contributed by atoms with E-state index in [1.54, 1.807) is 30.7 Å². The summed E-state index contributed by atoms with van der Waals surface area (Å²) in [4.78, 5) is 34.6. The van der Waals surface area contributed by atoms with Crippen LogP contribution in [0, 0.1) is 0 Å². The number of aromatic nitrogens is 4. The zero-order valence-electron chi connectivity index (χ0n) is 17.0. The van der Waals surface area contributed by atoms with Crippen molar-refractivity contribution in [3.05, 3.63) is 60.9 Å². The van der Waals surface area contributed by atoms with Gasteiger partial charge in [0.05, 0.1) is 11.7 Å². The van der Waals surface area contributed by atoms with E-state index in [2.05, 4.69) is 42.1 Å². The minimum absolute atomic E-state index is 0.240. The summed E-state index contributed by atoms with van der Waals surface area (Å²) in [5.74, 6) is 1.58. The first kappa shape index (κ1) is 19.1. The lowest BCUT2D eigenvalue weighted by Gasteiger charge is -2.33. The van der Waals surface area contributed by atoms with Gasteiger partial charge in [-0.2, -0.15) is 0 Å². The molecule has 0 aromatic carbocycles. The molecule has 4 aromatic rings. The monoisotopic (exact) mass is 415 g/mol. The van der Waals surface area contributed by atoms with Gasteiger partial charge in [0.2, 0.25) is 0 Å².